The van der Waals surface area contributed by atoms with Gasteiger partial charge in [0.15, 0.2) is 11.5 Å². The van der Waals surface area contributed by atoms with Crippen LogP contribution in [0.2, 0.25) is 0 Å². The maximum absolute atomic E-state index is 13.1. The highest BCUT2D eigenvalue weighted by Crippen LogP contribution is 2.35. The summed E-state index contributed by atoms with van der Waals surface area (Å²) in [7, 11) is 1.54. The molecule has 5 rings (SSSR count). The first-order valence-electron chi connectivity index (χ1n) is 12.9. The Hall–Kier alpha value is -3.55. The maximum Gasteiger partial charge on any atom is 0.294 e. The molecular formula is C30H28IN3O6S. The van der Waals surface area contributed by atoms with Crippen LogP contribution in [0.5, 0.6) is 11.5 Å². The molecule has 2 fully saturated rings. The number of nitrogens with one attached hydrogen (secondary N) is 1. The number of methoxy groups -OCH3 is 1. The first-order chi connectivity index (χ1) is 19.9. The minimum Gasteiger partial charge on any atom is -0.493 e. The van der Waals surface area contributed by atoms with Gasteiger partial charge in [-0.2, -0.15) is 0 Å². The summed E-state index contributed by atoms with van der Waals surface area (Å²) >= 11 is 3.05. The average Bonchev–Trinajstić information content (AvgIpc) is 3.25. The second kappa shape index (κ2) is 13.4. The number of amides is 3. The van der Waals surface area contributed by atoms with E-state index >= 15 is 0 Å². The highest BCUT2D eigenvalue weighted by Gasteiger charge is 2.36. The van der Waals surface area contributed by atoms with E-state index in [1.165, 1.54) is 0 Å². The Labute approximate surface area is 256 Å². The van der Waals surface area contributed by atoms with Crippen molar-refractivity contribution in [2.45, 2.75) is 6.61 Å². The molecular weight excluding hydrogens is 657 g/mol. The average molecular weight is 686 g/mol. The number of thioether (sulfide) groups is 1. The molecule has 41 heavy (non-hydrogen) atoms. The molecule has 0 aliphatic carbocycles. The van der Waals surface area contributed by atoms with E-state index in [-0.39, 0.29) is 11.4 Å². The smallest absolute Gasteiger partial charge is 0.294 e. The molecule has 1 N–H and O–H groups in total. The van der Waals surface area contributed by atoms with Gasteiger partial charge >= 0.3 is 0 Å². The lowest BCUT2D eigenvalue weighted by Gasteiger charge is -2.30. The van der Waals surface area contributed by atoms with Crippen LogP contribution < -0.4 is 19.7 Å². The molecule has 0 unspecified atom stereocenters. The summed E-state index contributed by atoms with van der Waals surface area (Å²) < 4.78 is 18.0. The third-order valence-electron chi connectivity index (χ3n) is 6.50. The van der Waals surface area contributed by atoms with E-state index in [0.717, 1.165) is 31.5 Å². The van der Waals surface area contributed by atoms with Crippen LogP contribution in [0.1, 0.15) is 11.1 Å². The van der Waals surface area contributed by atoms with Crippen molar-refractivity contribution in [3.8, 4) is 11.5 Å². The molecule has 2 heterocycles. The predicted octanol–water partition coefficient (Wildman–Crippen LogP) is 5.39. The van der Waals surface area contributed by atoms with Crippen LogP contribution in [0.15, 0.2) is 71.6 Å². The van der Waals surface area contributed by atoms with Crippen LogP contribution >= 0.6 is 34.4 Å². The molecule has 0 saturated carbocycles. The number of benzene rings is 3. The zero-order valence-corrected chi connectivity index (χ0v) is 25.3. The van der Waals surface area contributed by atoms with Gasteiger partial charge in [-0.25, -0.2) is 0 Å². The fourth-order valence-corrected chi connectivity index (χ4v) is 5.61. The topological polar surface area (TPSA) is 97.4 Å². The lowest BCUT2D eigenvalue weighted by molar-refractivity contribution is -0.127. The second-order valence-corrected chi connectivity index (χ2v) is 11.5. The zero-order valence-electron chi connectivity index (χ0n) is 22.3. The van der Waals surface area contributed by atoms with Gasteiger partial charge in [0, 0.05) is 16.7 Å². The molecule has 2 aliphatic heterocycles. The van der Waals surface area contributed by atoms with E-state index in [9.17, 15) is 14.4 Å². The fourth-order valence-electron chi connectivity index (χ4n) is 4.42. The molecule has 0 aromatic heterocycles. The molecule has 2 saturated heterocycles. The quantitative estimate of drug-likeness (QED) is 0.237. The van der Waals surface area contributed by atoms with Gasteiger partial charge in [0.25, 0.3) is 11.1 Å². The number of nitrogens with zero attached hydrogens (tertiary/aromatic N) is 2. The Morgan fingerprint density at radius 1 is 1.05 bits per heavy atom. The molecule has 3 aromatic rings. The van der Waals surface area contributed by atoms with Crippen molar-refractivity contribution in [2.75, 3.05) is 50.2 Å². The molecule has 11 heteroatoms. The lowest BCUT2D eigenvalue weighted by Crippen LogP contribution is -2.38. The summed E-state index contributed by atoms with van der Waals surface area (Å²) in [5.74, 6) is 0.0901. The molecule has 2 aliphatic rings. The number of imide groups is 1. The Balaban J connectivity index is 1.23. The maximum atomic E-state index is 13.1. The highest BCUT2D eigenvalue weighted by molar-refractivity contribution is 14.1. The predicted molar refractivity (Wildman–Crippen MR) is 167 cm³/mol. The Morgan fingerprint density at radius 3 is 2.56 bits per heavy atom. The lowest BCUT2D eigenvalue weighted by atomic mass is 10.1. The van der Waals surface area contributed by atoms with Crippen molar-refractivity contribution in [1.29, 1.82) is 0 Å². The third kappa shape index (κ3) is 7.21. The molecule has 0 spiro atoms. The van der Waals surface area contributed by atoms with Gasteiger partial charge in [-0.3, -0.25) is 19.3 Å². The van der Waals surface area contributed by atoms with E-state index < -0.39 is 17.1 Å². The van der Waals surface area contributed by atoms with Crippen LogP contribution in [0.3, 0.4) is 0 Å². The van der Waals surface area contributed by atoms with Crippen molar-refractivity contribution >= 4 is 68.9 Å². The number of hydrogen-bond acceptors (Lipinski definition) is 8. The van der Waals surface area contributed by atoms with Gasteiger partial charge in [-0.05, 0) is 88.0 Å². The van der Waals surface area contributed by atoms with Gasteiger partial charge in [0.1, 0.15) is 13.2 Å². The Kier molecular flexibility index (Phi) is 9.47. The van der Waals surface area contributed by atoms with Crippen LogP contribution in [-0.4, -0.2) is 61.9 Å². The minimum atomic E-state index is -0.519. The first kappa shape index (κ1) is 29.0. The first-order valence-corrected chi connectivity index (χ1v) is 14.8. The summed E-state index contributed by atoms with van der Waals surface area (Å²) in [5.41, 5.74) is 3.19. The van der Waals surface area contributed by atoms with Gasteiger partial charge in [-0.1, -0.05) is 30.3 Å². The van der Waals surface area contributed by atoms with Crippen LogP contribution in [0.4, 0.5) is 16.2 Å². The summed E-state index contributed by atoms with van der Waals surface area (Å²) in [6, 6.07) is 20.8. The van der Waals surface area contributed by atoms with Crippen molar-refractivity contribution in [2.24, 2.45) is 0 Å². The molecule has 212 valence electrons. The number of hydrogen-bond donors (Lipinski definition) is 1. The summed E-state index contributed by atoms with van der Waals surface area (Å²) in [5, 5.41) is 2.36. The van der Waals surface area contributed by atoms with Gasteiger partial charge < -0.3 is 24.4 Å². The highest BCUT2D eigenvalue weighted by atomic mass is 127. The minimum absolute atomic E-state index is 0.228. The van der Waals surface area contributed by atoms with E-state index in [4.69, 9.17) is 14.2 Å². The number of ether oxygens (including phenoxy) is 3. The van der Waals surface area contributed by atoms with Gasteiger partial charge in [-0.15, -0.1) is 0 Å². The number of anilines is 2. The fraction of sp³-hybridized carbons (Fsp3) is 0.233. The third-order valence-corrected chi connectivity index (χ3v) is 8.12. The van der Waals surface area contributed by atoms with Crippen molar-refractivity contribution in [1.82, 2.24) is 4.90 Å². The van der Waals surface area contributed by atoms with Crippen molar-refractivity contribution in [3.63, 3.8) is 0 Å². The van der Waals surface area contributed by atoms with Gasteiger partial charge in [0.2, 0.25) is 5.91 Å². The largest absolute Gasteiger partial charge is 0.493 e. The number of rotatable bonds is 9. The molecule has 0 bridgehead atoms. The Morgan fingerprint density at radius 2 is 1.80 bits per heavy atom. The Bertz CT molecular complexity index is 1470. The monoisotopic (exact) mass is 685 g/mol. The number of halogens is 1. The molecule has 0 atom stereocenters. The summed E-state index contributed by atoms with van der Waals surface area (Å²) in [4.78, 5) is 42.0. The normalized spacial score (nSPS) is 16.3. The van der Waals surface area contributed by atoms with E-state index in [0.29, 0.717) is 55.7 Å². The SMILES string of the molecule is COc1cc(/C=C2\SC(=O)N(CC(=O)Nc3ccccc3N3CCOCC3)C2=O)ccc1OCc1ccc(I)cc1. The number of carbonyl (C=O) groups is 3. The molecule has 3 aromatic carbocycles. The van der Waals surface area contributed by atoms with E-state index in [2.05, 4.69) is 32.8 Å². The van der Waals surface area contributed by atoms with E-state index in [1.807, 2.05) is 42.5 Å². The summed E-state index contributed by atoms with van der Waals surface area (Å²) in [6.07, 6.45) is 1.61. The standard InChI is InChI=1S/C30H28IN3O6S/c1-38-26-16-21(8-11-25(26)40-19-20-6-9-22(31)10-7-20)17-27-29(36)34(30(37)41-27)18-28(35)32-23-4-2-3-5-24(23)33-12-14-39-15-13-33/h2-11,16-17H,12-15,18-19H2,1H3,(H,32,35)/b27-17-. The van der Waals surface area contributed by atoms with Crippen LogP contribution in [0.25, 0.3) is 6.08 Å². The van der Waals surface area contributed by atoms with E-state index in [1.54, 1.807) is 37.5 Å². The number of morpholine rings is 1. The molecule has 9 nitrogen and oxygen atoms in total. The number of para-hydroxylation sites is 2. The summed E-state index contributed by atoms with van der Waals surface area (Å²) in [6.45, 7) is 2.65. The molecule has 3 amide bonds. The molecule has 0 radical (unpaired) electrons. The number of carbonyl (C=O) groups excluding carboxylic acids is 3. The van der Waals surface area contributed by atoms with Crippen LogP contribution in [-0.2, 0) is 20.9 Å². The van der Waals surface area contributed by atoms with Crippen molar-refractivity contribution < 1.29 is 28.6 Å². The zero-order chi connectivity index (χ0) is 28.8. The van der Waals surface area contributed by atoms with Crippen molar-refractivity contribution in [3.05, 3.63) is 86.3 Å². The van der Waals surface area contributed by atoms with Crippen LogP contribution in [0, 0.1) is 3.57 Å². The van der Waals surface area contributed by atoms with Gasteiger partial charge in [0.05, 0.1) is 36.6 Å². The second-order valence-electron chi connectivity index (χ2n) is 9.26.